The van der Waals surface area contributed by atoms with Crippen LogP contribution < -0.4 is 5.73 Å². The van der Waals surface area contributed by atoms with Crippen LogP contribution in [0, 0.1) is 0 Å². The van der Waals surface area contributed by atoms with Gasteiger partial charge in [-0.3, -0.25) is 4.79 Å². The smallest absolute Gasteiger partial charge is 0.326 e. The van der Waals surface area contributed by atoms with Crippen molar-refractivity contribution < 1.29 is 19.1 Å². The Morgan fingerprint density at radius 3 is 2.83 bits per heavy atom. The molecule has 2 rings (SSSR count). The van der Waals surface area contributed by atoms with Crippen molar-refractivity contribution in [1.82, 2.24) is 4.90 Å². The van der Waals surface area contributed by atoms with Gasteiger partial charge in [0.15, 0.2) is 5.76 Å². The first-order valence-corrected chi connectivity index (χ1v) is 5.96. The molecule has 0 radical (unpaired) electrons. The van der Waals surface area contributed by atoms with Crippen molar-refractivity contribution in [3.8, 4) is 0 Å². The van der Waals surface area contributed by atoms with Crippen LogP contribution in [0.3, 0.4) is 0 Å². The zero-order chi connectivity index (χ0) is 13.1. The van der Waals surface area contributed by atoms with Crippen LogP contribution in [0.2, 0.25) is 0 Å². The summed E-state index contributed by atoms with van der Waals surface area (Å²) >= 11 is 0. The molecular weight excluding hydrogens is 236 g/mol. The van der Waals surface area contributed by atoms with Gasteiger partial charge in [0.1, 0.15) is 11.8 Å². The second-order valence-corrected chi connectivity index (χ2v) is 4.32. The molecule has 0 spiro atoms. The van der Waals surface area contributed by atoms with Crippen molar-refractivity contribution in [3.63, 3.8) is 0 Å². The first-order valence-electron chi connectivity index (χ1n) is 5.96. The number of rotatable bonds is 3. The maximum Gasteiger partial charge on any atom is 0.326 e. The van der Waals surface area contributed by atoms with E-state index < -0.39 is 12.0 Å². The summed E-state index contributed by atoms with van der Waals surface area (Å²) in [4.78, 5) is 24.7. The van der Waals surface area contributed by atoms with Gasteiger partial charge in [-0.05, 0) is 31.4 Å². The number of carbonyl (C=O) groups excluding carboxylic acids is 1. The van der Waals surface area contributed by atoms with E-state index in [9.17, 15) is 9.59 Å². The van der Waals surface area contributed by atoms with Crippen LogP contribution >= 0.6 is 0 Å². The highest BCUT2D eigenvalue weighted by molar-refractivity contribution is 5.94. The van der Waals surface area contributed by atoms with Crippen LogP contribution in [0.1, 0.15) is 35.6 Å². The fraction of sp³-hybridized carbons (Fsp3) is 0.500. The predicted molar refractivity (Wildman–Crippen MR) is 62.9 cm³/mol. The number of carboxylic acids is 1. The third kappa shape index (κ3) is 2.38. The van der Waals surface area contributed by atoms with Crippen LogP contribution in [0.25, 0.3) is 0 Å². The molecule has 18 heavy (non-hydrogen) atoms. The second-order valence-electron chi connectivity index (χ2n) is 4.32. The summed E-state index contributed by atoms with van der Waals surface area (Å²) in [5.74, 6) is -0.665. The molecule has 0 aliphatic carbocycles. The Hall–Kier alpha value is -1.82. The monoisotopic (exact) mass is 252 g/mol. The van der Waals surface area contributed by atoms with E-state index in [-0.39, 0.29) is 18.2 Å². The van der Waals surface area contributed by atoms with Gasteiger partial charge in [-0.15, -0.1) is 0 Å². The highest BCUT2D eigenvalue weighted by Crippen LogP contribution is 2.20. The van der Waals surface area contributed by atoms with Crippen molar-refractivity contribution in [2.45, 2.75) is 31.8 Å². The van der Waals surface area contributed by atoms with Crippen LogP contribution in [0.15, 0.2) is 16.5 Å². The van der Waals surface area contributed by atoms with E-state index in [4.69, 9.17) is 15.3 Å². The standard InChI is InChI=1S/C12H16N2O4/c13-7-8-4-5-10(18-8)11(15)14-6-2-1-3-9(14)12(16)17/h4-5,9H,1-3,6-7,13H2,(H,16,17)/t9-/m1/s1. The van der Waals surface area contributed by atoms with Crippen LogP contribution in [-0.4, -0.2) is 34.5 Å². The maximum absolute atomic E-state index is 12.2. The molecule has 1 amide bonds. The molecule has 0 saturated carbocycles. The van der Waals surface area contributed by atoms with Crippen molar-refractivity contribution in [1.29, 1.82) is 0 Å². The average molecular weight is 252 g/mol. The fourth-order valence-electron chi connectivity index (χ4n) is 2.18. The van der Waals surface area contributed by atoms with Crippen LogP contribution in [0.4, 0.5) is 0 Å². The molecule has 1 aromatic rings. The minimum absolute atomic E-state index is 0.156. The van der Waals surface area contributed by atoms with Gasteiger partial charge in [-0.1, -0.05) is 0 Å². The fourth-order valence-corrected chi connectivity index (χ4v) is 2.18. The third-order valence-corrected chi connectivity index (χ3v) is 3.12. The van der Waals surface area contributed by atoms with Gasteiger partial charge in [0.05, 0.1) is 6.54 Å². The van der Waals surface area contributed by atoms with Gasteiger partial charge in [-0.25, -0.2) is 4.79 Å². The number of furan rings is 1. The Morgan fingerprint density at radius 1 is 1.44 bits per heavy atom. The van der Waals surface area contributed by atoms with Crippen LogP contribution in [0.5, 0.6) is 0 Å². The molecule has 98 valence electrons. The number of carboxylic acid groups (broad SMARTS) is 1. The van der Waals surface area contributed by atoms with Crippen LogP contribution in [-0.2, 0) is 11.3 Å². The Labute approximate surface area is 104 Å². The van der Waals surface area contributed by atoms with E-state index in [1.165, 1.54) is 11.0 Å². The number of nitrogens with two attached hydrogens (primary N) is 1. The van der Waals surface area contributed by atoms with E-state index in [1.807, 2.05) is 0 Å². The molecule has 0 bridgehead atoms. The molecular formula is C12H16N2O4. The number of amides is 1. The van der Waals surface area contributed by atoms with E-state index >= 15 is 0 Å². The number of carbonyl (C=O) groups is 2. The first kappa shape index (κ1) is 12.6. The summed E-state index contributed by atoms with van der Waals surface area (Å²) in [5.41, 5.74) is 5.40. The molecule has 1 fully saturated rings. The highest BCUT2D eigenvalue weighted by Gasteiger charge is 2.33. The van der Waals surface area contributed by atoms with E-state index in [2.05, 4.69) is 0 Å². The largest absolute Gasteiger partial charge is 0.480 e. The summed E-state index contributed by atoms with van der Waals surface area (Å²) in [7, 11) is 0. The minimum Gasteiger partial charge on any atom is -0.480 e. The van der Waals surface area contributed by atoms with Gasteiger partial charge >= 0.3 is 5.97 Å². The molecule has 0 unspecified atom stereocenters. The van der Waals surface area contributed by atoms with E-state index in [0.29, 0.717) is 18.7 Å². The zero-order valence-corrected chi connectivity index (χ0v) is 9.96. The number of aliphatic carboxylic acids is 1. The number of hydrogen-bond acceptors (Lipinski definition) is 4. The van der Waals surface area contributed by atoms with Gasteiger partial charge in [0, 0.05) is 6.54 Å². The van der Waals surface area contributed by atoms with Crippen molar-refractivity contribution in [3.05, 3.63) is 23.7 Å². The highest BCUT2D eigenvalue weighted by atomic mass is 16.4. The van der Waals surface area contributed by atoms with Gasteiger partial charge in [0.25, 0.3) is 5.91 Å². The van der Waals surface area contributed by atoms with E-state index in [1.54, 1.807) is 6.07 Å². The van der Waals surface area contributed by atoms with Gasteiger partial charge < -0.3 is 20.2 Å². The van der Waals surface area contributed by atoms with E-state index in [0.717, 1.165) is 12.8 Å². The van der Waals surface area contributed by atoms with Gasteiger partial charge in [-0.2, -0.15) is 0 Å². The normalized spacial score (nSPS) is 19.8. The van der Waals surface area contributed by atoms with Gasteiger partial charge in [0.2, 0.25) is 0 Å². The molecule has 1 aliphatic heterocycles. The molecule has 0 aromatic carbocycles. The van der Waals surface area contributed by atoms with Crippen molar-refractivity contribution in [2.24, 2.45) is 5.73 Å². The molecule has 2 heterocycles. The number of nitrogens with zero attached hydrogens (tertiary/aromatic N) is 1. The topological polar surface area (TPSA) is 96.8 Å². The Morgan fingerprint density at radius 2 is 2.22 bits per heavy atom. The maximum atomic E-state index is 12.2. The molecule has 6 nitrogen and oxygen atoms in total. The summed E-state index contributed by atoms with van der Waals surface area (Å²) in [5, 5.41) is 9.11. The Kier molecular flexibility index (Phi) is 3.66. The molecule has 1 saturated heterocycles. The molecule has 1 atom stereocenters. The Bertz CT molecular complexity index is 455. The Balaban J connectivity index is 2.17. The summed E-state index contributed by atoms with van der Waals surface area (Å²) in [6, 6.07) is 2.42. The number of piperidine rings is 1. The summed E-state index contributed by atoms with van der Waals surface area (Å²) in [6.07, 6.45) is 2.14. The van der Waals surface area contributed by atoms with Crippen molar-refractivity contribution >= 4 is 11.9 Å². The zero-order valence-electron chi connectivity index (χ0n) is 9.96. The number of likely N-dealkylation sites (tertiary alicyclic amines) is 1. The predicted octanol–water partition coefficient (Wildman–Crippen LogP) is 0.818. The molecule has 1 aliphatic rings. The second kappa shape index (κ2) is 5.22. The number of hydrogen-bond donors (Lipinski definition) is 2. The average Bonchev–Trinajstić information content (AvgIpc) is 2.86. The van der Waals surface area contributed by atoms with Crippen molar-refractivity contribution in [2.75, 3.05) is 6.54 Å². The quantitative estimate of drug-likeness (QED) is 0.830. The summed E-state index contributed by atoms with van der Waals surface area (Å²) < 4.78 is 5.27. The first-order chi connectivity index (χ1) is 8.63. The summed E-state index contributed by atoms with van der Waals surface area (Å²) in [6.45, 7) is 0.671. The third-order valence-electron chi connectivity index (χ3n) is 3.12. The lowest BCUT2D eigenvalue weighted by molar-refractivity contribution is -0.143. The minimum atomic E-state index is -0.964. The SMILES string of the molecule is NCc1ccc(C(=O)N2CCCC[C@@H]2C(=O)O)o1. The lowest BCUT2D eigenvalue weighted by Gasteiger charge is -2.32. The molecule has 1 aromatic heterocycles. The lowest BCUT2D eigenvalue weighted by Crippen LogP contribution is -2.47. The lowest BCUT2D eigenvalue weighted by atomic mass is 10.0. The molecule has 3 N–H and O–H groups in total. The molecule has 6 heteroatoms.